The first-order chi connectivity index (χ1) is 14.5. The van der Waals surface area contributed by atoms with Gasteiger partial charge in [0.1, 0.15) is 28.9 Å². The molecule has 0 N–H and O–H groups in total. The van der Waals surface area contributed by atoms with Crippen LogP contribution < -0.4 is 9.47 Å². The summed E-state index contributed by atoms with van der Waals surface area (Å²) in [5.74, 6) is -0.544. The van der Waals surface area contributed by atoms with Gasteiger partial charge in [0.2, 0.25) is 0 Å². The second-order valence-electron chi connectivity index (χ2n) is 6.41. The van der Waals surface area contributed by atoms with Crippen molar-refractivity contribution >= 4 is 17.2 Å². The summed E-state index contributed by atoms with van der Waals surface area (Å²) in [7, 11) is 1.50. The molecule has 0 radical (unpaired) electrons. The standard InChI is InChI=1S/C22H22F2N2O3S/c1-4-26(5-2)22(27)18-13-30-21(25-18)14-7-9-19(20(10-14)28-3)29-12-15-6-8-16(23)11-17(15)24/h6-11,13H,4-5,12H2,1-3H3. The molecule has 0 unspecified atom stereocenters. The van der Waals surface area contributed by atoms with Gasteiger partial charge in [-0.25, -0.2) is 13.8 Å². The molecule has 1 aromatic heterocycles. The summed E-state index contributed by atoms with van der Waals surface area (Å²) in [6.07, 6.45) is 0. The number of nitrogens with zero attached hydrogens (tertiary/aromatic N) is 2. The number of carbonyl (C=O) groups excluding carboxylic acids is 1. The molecule has 158 valence electrons. The molecule has 30 heavy (non-hydrogen) atoms. The predicted molar refractivity (Wildman–Crippen MR) is 112 cm³/mol. The minimum atomic E-state index is -0.668. The molecule has 0 saturated carbocycles. The second-order valence-corrected chi connectivity index (χ2v) is 7.26. The highest BCUT2D eigenvalue weighted by Gasteiger charge is 2.17. The SMILES string of the molecule is CCN(CC)C(=O)c1csc(-c2ccc(OCc3ccc(F)cc3F)c(OC)c2)n1. The van der Waals surface area contributed by atoms with Crippen LogP contribution in [0.5, 0.6) is 11.5 Å². The van der Waals surface area contributed by atoms with Gasteiger partial charge in [-0.2, -0.15) is 0 Å². The smallest absolute Gasteiger partial charge is 0.273 e. The third-order valence-electron chi connectivity index (χ3n) is 4.58. The first-order valence-corrected chi connectivity index (χ1v) is 10.3. The number of rotatable bonds is 8. The maximum Gasteiger partial charge on any atom is 0.273 e. The molecule has 1 heterocycles. The van der Waals surface area contributed by atoms with Gasteiger partial charge in [0, 0.05) is 35.7 Å². The van der Waals surface area contributed by atoms with Crippen molar-refractivity contribution in [3.63, 3.8) is 0 Å². The number of halogens is 2. The van der Waals surface area contributed by atoms with E-state index in [1.807, 2.05) is 13.8 Å². The van der Waals surface area contributed by atoms with E-state index in [1.165, 1.54) is 30.6 Å². The molecule has 0 atom stereocenters. The third-order valence-corrected chi connectivity index (χ3v) is 5.47. The van der Waals surface area contributed by atoms with Gasteiger partial charge in [-0.1, -0.05) is 0 Å². The molecule has 3 rings (SSSR count). The molecule has 0 spiro atoms. The summed E-state index contributed by atoms with van der Waals surface area (Å²) in [4.78, 5) is 18.6. The van der Waals surface area contributed by atoms with Gasteiger partial charge in [0.05, 0.1) is 7.11 Å². The van der Waals surface area contributed by atoms with E-state index >= 15 is 0 Å². The molecule has 1 amide bonds. The fraction of sp³-hybridized carbons (Fsp3) is 0.273. The molecule has 0 fully saturated rings. The van der Waals surface area contributed by atoms with E-state index in [9.17, 15) is 13.6 Å². The molecule has 8 heteroatoms. The number of carbonyl (C=O) groups is 1. The van der Waals surface area contributed by atoms with Crippen LogP contribution in [0.15, 0.2) is 41.8 Å². The molecule has 3 aromatic rings. The average molecular weight is 432 g/mol. The Hall–Kier alpha value is -3.00. The van der Waals surface area contributed by atoms with E-state index in [0.717, 1.165) is 11.6 Å². The number of benzene rings is 2. The Morgan fingerprint density at radius 1 is 1.10 bits per heavy atom. The largest absolute Gasteiger partial charge is 0.493 e. The minimum Gasteiger partial charge on any atom is -0.493 e. The van der Waals surface area contributed by atoms with Gasteiger partial charge >= 0.3 is 0 Å². The molecule has 0 aliphatic rings. The molecule has 0 bridgehead atoms. The van der Waals surface area contributed by atoms with Crippen LogP contribution in [0.2, 0.25) is 0 Å². The minimum absolute atomic E-state index is 0.0679. The van der Waals surface area contributed by atoms with Crippen molar-refractivity contribution in [1.29, 1.82) is 0 Å². The van der Waals surface area contributed by atoms with Crippen LogP contribution in [-0.4, -0.2) is 36.0 Å². The lowest BCUT2D eigenvalue weighted by atomic mass is 10.2. The maximum absolute atomic E-state index is 13.8. The van der Waals surface area contributed by atoms with Gasteiger partial charge in [-0.3, -0.25) is 4.79 Å². The van der Waals surface area contributed by atoms with Crippen molar-refractivity contribution in [3.05, 3.63) is 64.7 Å². The highest BCUT2D eigenvalue weighted by atomic mass is 32.1. The number of hydrogen-bond acceptors (Lipinski definition) is 5. The van der Waals surface area contributed by atoms with E-state index < -0.39 is 11.6 Å². The Morgan fingerprint density at radius 3 is 2.53 bits per heavy atom. The predicted octanol–water partition coefficient (Wildman–Crippen LogP) is 5.16. The fourth-order valence-corrected chi connectivity index (χ4v) is 3.68. The van der Waals surface area contributed by atoms with Crippen LogP contribution in [0.3, 0.4) is 0 Å². The van der Waals surface area contributed by atoms with E-state index in [4.69, 9.17) is 9.47 Å². The van der Waals surface area contributed by atoms with Crippen LogP contribution >= 0.6 is 11.3 Å². The Morgan fingerprint density at radius 2 is 1.87 bits per heavy atom. The summed E-state index contributed by atoms with van der Waals surface area (Å²) >= 11 is 1.37. The molecule has 0 aliphatic carbocycles. The quantitative estimate of drug-likeness (QED) is 0.494. The number of thiazole rings is 1. The lowest BCUT2D eigenvalue weighted by Crippen LogP contribution is -2.30. The molecular weight excluding hydrogens is 410 g/mol. The zero-order valence-corrected chi connectivity index (χ0v) is 17.8. The van der Waals surface area contributed by atoms with Crippen molar-refractivity contribution in [1.82, 2.24) is 9.88 Å². The van der Waals surface area contributed by atoms with Gasteiger partial charge in [-0.05, 0) is 44.2 Å². The van der Waals surface area contributed by atoms with Crippen molar-refractivity contribution in [2.24, 2.45) is 0 Å². The Labute approximate surface area is 177 Å². The first kappa shape index (κ1) is 21.7. The lowest BCUT2D eigenvalue weighted by molar-refractivity contribution is 0.0768. The number of hydrogen-bond donors (Lipinski definition) is 0. The Kier molecular flexibility index (Phi) is 6.99. The Balaban J connectivity index is 1.78. The fourth-order valence-electron chi connectivity index (χ4n) is 2.89. The number of aromatic nitrogens is 1. The zero-order valence-electron chi connectivity index (χ0n) is 16.9. The van der Waals surface area contributed by atoms with Crippen molar-refractivity contribution in [2.75, 3.05) is 20.2 Å². The summed E-state index contributed by atoms with van der Waals surface area (Å²) in [5, 5.41) is 2.42. The molecule has 2 aromatic carbocycles. The molecular formula is C22H22F2N2O3S. The lowest BCUT2D eigenvalue weighted by Gasteiger charge is -2.16. The topological polar surface area (TPSA) is 51.7 Å². The normalized spacial score (nSPS) is 10.7. The van der Waals surface area contributed by atoms with Crippen molar-refractivity contribution < 1.29 is 23.0 Å². The van der Waals surface area contributed by atoms with Crippen molar-refractivity contribution in [2.45, 2.75) is 20.5 Å². The number of ether oxygens (including phenoxy) is 2. The highest BCUT2D eigenvalue weighted by Crippen LogP contribution is 2.34. The van der Waals surface area contributed by atoms with E-state index in [0.29, 0.717) is 35.3 Å². The van der Waals surface area contributed by atoms with Gasteiger partial charge in [0.15, 0.2) is 11.5 Å². The zero-order chi connectivity index (χ0) is 21.7. The summed E-state index contributed by atoms with van der Waals surface area (Å²) in [5.41, 5.74) is 1.42. The monoisotopic (exact) mass is 432 g/mol. The maximum atomic E-state index is 13.8. The number of amides is 1. The number of methoxy groups -OCH3 is 1. The third kappa shape index (κ3) is 4.76. The first-order valence-electron chi connectivity index (χ1n) is 9.46. The Bertz CT molecular complexity index is 1030. The van der Waals surface area contributed by atoms with E-state index in [-0.39, 0.29) is 18.1 Å². The van der Waals surface area contributed by atoms with Crippen LogP contribution in [0, 0.1) is 11.6 Å². The van der Waals surface area contributed by atoms with Crippen LogP contribution in [0.4, 0.5) is 8.78 Å². The van der Waals surface area contributed by atoms with E-state index in [1.54, 1.807) is 28.5 Å². The van der Waals surface area contributed by atoms with Gasteiger partial charge in [0.25, 0.3) is 5.91 Å². The molecule has 0 saturated heterocycles. The van der Waals surface area contributed by atoms with Crippen LogP contribution in [-0.2, 0) is 6.61 Å². The summed E-state index contributed by atoms with van der Waals surface area (Å²) in [6, 6.07) is 8.59. The van der Waals surface area contributed by atoms with Crippen LogP contribution in [0.1, 0.15) is 29.9 Å². The van der Waals surface area contributed by atoms with Crippen LogP contribution in [0.25, 0.3) is 10.6 Å². The van der Waals surface area contributed by atoms with E-state index in [2.05, 4.69) is 4.98 Å². The van der Waals surface area contributed by atoms with Gasteiger partial charge in [-0.15, -0.1) is 11.3 Å². The molecule has 0 aliphatic heterocycles. The summed E-state index contributed by atoms with van der Waals surface area (Å²) in [6.45, 7) is 5.03. The second kappa shape index (κ2) is 9.67. The summed E-state index contributed by atoms with van der Waals surface area (Å²) < 4.78 is 37.9. The van der Waals surface area contributed by atoms with Gasteiger partial charge < -0.3 is 14.4 Å². The highest BCUT2D eigenvalue weighted by molar-refractivity contribution is 7.13. The molecule has 5 nitrogen and oxygen atoms in total. The average Bonchev–Trinajstić information content (AvgIpc) is 3.24. The van der Waals surface area contributed by atoms with Crippen molar-refractivity contribution in [3.8, 4) is 22.1 Å².